The maximum atomic E-state index is 14.6. The number of ether oxygens (including phenoxy) is 1. The van der Waals surface area contributed by atoms with Crippen LogP contribution in [0.5, 0.6) is 0 Å². The molecule has 0 bridgehead atoms. The Morgan fingerprint density at radius 3 is 2.19 bits per heavy atom. The molecule has 0 aliphatic rings. The van der Waals surface area contributed by atoms with Crippen LogP contribution in [0.4, 0.5) is 4.79 Å². The first-order valence-electron chi connectivity index (χ1n) is 15.6. The summed E-state index contributed by atoms with van der Waals surface area (Å²) < 4.78 is 5.55. The average Bonchev–Trinajstić information content (AvgIpc) is 2.90. The molecule has 232 valence electrons. The molecule has 0 aromatic heterocycles. The summed E-state index contributed by atoms with van der Waals surface area (Å²) in [4.78, 5) is 43.3. The monoisotopic (exact) mass is 579 g/mol. The van der Waals surface area contributed by atoms with Crippen molar-refractivity contribution in [3.8, 4) is 0 Å². The van der Waals surface area contributed by atoms with Crippen LogP contribution < -0.4 is 10.6 Å². The summed E-state index contributed by atoms with van der Waals surface area (Å²) in [6, 6.07) is 13.8. The largest absolute Gasteiger partial charge is 0.444 e. The van der Waals surface area contributed by atoms with E-state index in [2.05, 4.69) is 24.5 Å². The predicted octanol–water partition coefficient (Wildman–Crippen LogP) is 7.19. The fraction of sp³-hybridized carbons (Fsp3) is 0.571. The summed E-state index contributed by atoms with van der Waals surface area (Å²) >= 11 is 0. The SMILES string of the molecule is CCCCCCN(C(=O)C(Cc1ccccc1)NC(=O)OC(C)(C)C)C(C(=O)NC(C)CCC)c1ccc(C)cc1C. The molecule has 42 heavy (non-hydrogen) atoms. The standard InChI is InChI=1S/C35H53N3O4/c1-9-11-12-16-22-38(31(32(39)36-27(5)17-10-2)29-21-20-25(3)23-26(29)4)33(40)30(24-28-18-14-13-15-19-28)37-34(41)42-35(6,7)8/h13-15,18-21,23,27,30-31H,9-12,16-17,22,24H2,1-8H3,(H,36,39)(H,37,41). The highest BCUT2D eigenvalue weighted by atomic mass is 16.6. The average molecular weight is 580 g/mol. The summed E-state index contributed by atoms with van der Waals surface area (Å²) in [5, 5.41) is 6.02. The lowest BCUT2D eigenvalue weighted by atomic mass is 9.95. The number of benzene rings is 2. The van der Waals surface area contributed by atoms with Gasteiger partial charge in [0.1, 0.15) is 17.7 Å². The Balaban J connectivity index is 2.60. The summed E-state index contributed by atoms with van der Waals surface area (Å²) in [7, 11) is 0. The number of carbonyl (C=O) groups excluding carboxylic acids is 3. The fourth-order valence-electron chi connectivity index (χ4n) is 5.19. The van der Waals surface area contributed by atoms with Crippen LogP contribution in [0.15, 0.2) is 48.5 Å². The maximum Gasteiger partial charge on any atom is 0.408 e. The van der Waals surface area contributed by atoms with E-state index >= 15 is 0 Å². The maximum absolute atomic E-state index is 14.6. The van der Waals surface area contributed by atoms with Crippen molar-refractivity contribution in [3.05, 3.63) is 70.8 Å². The number of rotatable bonds is 15. The summed E-state index contributed by atoms with van der Waals surface area (Å²) in [6.45, 7) is 16.0. The number of unbranched alkanes of at least 4 members (excludes halogenated alkanes) is 3. The molecule has 2 aromatic rings. The minimum Gasteiger partial charge on any atom is -0.444 e. The van der Waals surface area contributed by atoms with E-state index in [1.165, 1.54) is 0 Å². The van der Waals surface area contributed by atoms with Crippen LogP contribution in [0, 0.1) is 13.8 Å². The second-order valence-electron chi connectivity index (χ2n) is 12.4. The molecular weight excluding hydrogens is 526 g/mol. The van der Waals surface area contributed by atoms with Gasteiger partial charge in [0.05, 0.1) is 0 Å². The van der Waals surface area contributed by atoms with Gasteiger partial charge in [-0.05, 0) is 71.1 Å². The minimum absolute atomic E-state index is 0.0344. The topological polar surface area (TPSA) is 87.7 Å². The van der Waals surface area contributed by atoms with Crippen molar-refractivity contribution in [2.75, 3.05) is 6.54 Å². The molecule has 0 aliphatic heterocycles. The first-order valence-corrected chi connectivity index (χ1v) is 15.6. The van der Waals surface area contributed by atoms with Gasteiger partial charge in [0, 0.05) is 19.0 Å². The third-order valence-corrected chi connectivity index (χ3v) is 7.20. The van der Waals surface area contributed by atoms with E-state index in [9.17, 15) is 14.4 Å². The zero-order valence-corrected chi connectivity index (χ0v) is 27.1. The lowest BCUT2D eigenvalue weighted by Crippen LogP contribution is -2.54. The summed E-state index contributed by atoms with van der Waals surface area (Å²) in [5.41, 5.74) is 3.01. The number of nitrogens with zero attached hydrogens (tertiary/aromatic N) is 1. The van der Waals surface area contributed by atoms with E-state index in [4.69, 9.17) is 4.74 Å². The molecule has 7 nitrogen and oxygen atoms in total. The van der Waals surface area contributed by atoms with Gasteiger partial charge in [-0.3, -0.25) is 9.59 Å². The number of hydrogen-bond donors (Lipinski definition) is 2. The third-order valence-electron chi connectivity index (χ3n) is 7.20. The van der Waals surface area contributed by atoms with Crippen LogP contribution in [0.3, 0.4) is 0 Å². The molecule has 0 radical (unpaired) electrons. The Bertz CT molecular complexity index is 1140. The van der Waals surface area contributed by atoms with Crippen molar-refractivity contribution < 1.29 is 19.1 Å². The molecule has 0 heterocycles. The lowest BCUT2D eigenvalue weighted by Gasteiger charge is -2.36. The van der Waals surface area contributed by atoms with Gasteiger partial charge < -0.3 is 20.3 Å². The second-order valence-corrected chi connectivity index (χ2v) is 12.4. The predicted molar refractivity (Wildman–Crippen MR) is 170 cm³/mol. The molecule has 0 saturated carbocycles. The van der Waals surface area contributed by atoms with Crippen LogP contribution >= 0.6 is 0 Å². The van der Waals surface area contributed by atoms with E-state index in [-0.39, 0.29) is 24.3 Å². The molecule has 7 heteroatoms. The van der Waals surface area contributed by atoms with Crippen LogP contribution in [0.25, 0.3) is 0 Å². The number of alkyl carbamates (subject to hydrolysis) is 1. The Labute approximate surface area is 253 Å². The second kappa shape index (κ2) is 16.9. The number of amides is 3. The van der Waals surface area contributed by atoms with Gasteiger partial charge in [-0.25, -0.2) is 4.79 Å². The van der Waals surface area contributed by atoms with Gasteiger partial charge in [-0.1, -0.05) is 93.6 Å². The molecule has 0 spiro atoms. The van der Waals surface area contributed by atoms with E-state index in [1.807, 2.05) is 69.3 Å². The number of hydrogen-bond acceptors (Lipinski definition) is 4. The van der Waals surface area contributed by atoms with Gasteiger partial charge in [0.25, 0.3) is 0 Å². The molecule has 3 atom stereocenters. The van der Waals surface area contributed by atoms with Crippen LogP contribution in [0.1, 0.15) is 108 Å². The van der Waals surface area contributed by atoms with Gasteiger partial charge in [-0.15, -0.1) is 0 Å². The van der Waals surface area contributed by atoms with Crippen molar-refractivity contribution in [3.63, 3.8) is 0 Å². The number of carbonyl (C=O) groups is 3. The Morgan fingerprint density at radius 1 is 0.905 bits per heavy atom. The highest BCUT2D eigenvalue weighted by Crippen LogP contribution is 2.28. The van der Waals surface area contributed by atoms with Crippen molar-refractivity contribution in [1.82, 2.24) is 15.5 Å². The van der Waals surface area contributed by atoms with Gasteiger partial charge in [-0.2, -0.15) is 0 Å². The highest BCUT2D eigenvalue weighted by Gasteiger charge is 2.37. The molecule has 2 rings (SSSR count). The van der Waals surface area contributed by atoms with Crippen molar-refractivity contribution in [2.24, 2.45) is 0 Å². The van der Waals surface area contributed by atoms with Gasteiger partial charge >= 0.3 is 6.09 Å². The Hall–Kier alpha value is -3.35. The molecule has 0 saturated heterocycles. The quantitative estimate of drug-likeness (QED) is 0.219. The normalized spacial score (nSPS) is 13.5. The Morgan fingerprint density at radius 2 is 1.60 bits per heavy atom. The van der Waals surface area contributed by atoms with Crippen molar-refractivity contribution in [2.45, 2.75) is 124 Å². The fourth-order valence-corrected chi connectivity index (χ4v) is 5.19. The highest BCUT2D eigenvalue weighted by molar-refractivity contribution is 5.92. The zero-order valence-electron chi connectivity index (χ0n) is 27.1. The van der Waals surface area contributed by atoms with E-state index in [0.717, 1.165) is 60.8 Å². The molecule has 3 unspecified atom stereocenters. The summed E-state index contributed by atoms with van der Waals surface area (Å²) in [6.07, 6.45) is 5.19. The zero-order chi connectivity index (χ0) is 31.3. The van der Waals surface area contributed by atoms with Crippen molar-refractivity contribution in [1.29, 1.82) is 0 Å². The Kier molecular flexibility index (Phi) is 14.1. The molecular formula is C35H53N3O4. The van der Waals surface area contributed by atoms with E-state index < -0.39 is 23.8 Å². The third kappa shape index (κ3) is 11.5. The van der Waals surface area contributed by atoms with Crippen LogP contribution in [-0.2, 0) is 20.7 Å². The lowest BCUT2D eigenvalue weighted by molar-refractivity contribution is -0.142. The smallest absolute Gasteiger partial charge is 0.408 e. The summed E-state index contributed by atoms with van der Waals surface area (Å²) in [5.74, 6) is -0.507. The van der Waals surface area contributed by atoms with Crippen LogP contribution in [0.2, 0.25) is 0 Å². The molecule has 2 aromatic carbocycles. The van der Waals surface area contributed by atoms with E-state index in [1.54, 1.807) is 25.7 Å². The van der Waals surface area contributed by atoms with Crippen molar-refractivity contribution >= 4 is 17.9 Å². The number of nitrogens with one attached hydrogen (secondary N) is 2. The first kappa shape index (κ1) is 34.8. The molecule has 0 aliphatic carbocycles. The molecule has 2 N–H and O–H groups in total. The van der Waals surface area contributed by atoms with Crippen LogP contribution in [-0.4, -0.2) is 47.0 Å². The van der Waals surface area contributed by atoms with Gasteiger partial charge in [0.2, 0.25) is 11.8 Å². The van der Waals surface area contributed by atoms with E-state index in [0.29, 0.717) is 6.54 Å². The van der Waals surface area contributed by atoms with Gasteiger partial charge in [0.15, 0.2) is 0 Å². The molecule has 3 amide bonds. The molecule has 0 fully saturated rings. The first-order chi connectivity index (χ1) is 19.9. The minimum atomic E-state index is -0.914. The number of aryl methyl sites for hydroxylation is 2.